The molecule has 0 radical (unpaired) electrons. The van der Waals surface area contributed by atoms with Crippen molar-refractivity contribution in [2.45, 2.75) is 32.8 Å². The van der Waals surface area contributed by atoms with Gasteiger partial charge in [0.1, 0.15) is 18.5 Å². The molecule has 2 aliphatic heterocycles. The Morgan fingerprint density at radius 3 is 2.50 bits per heavy atom. The van der Waals surface area contributed by atoms with Crippen LogP contribution in [0.15, 0.2) is 66.6 Å². The lowest BCUT2D eigenvalue weighted by Crippen LogP contribution is -2.45. The molecular formula is C28H37Cl2N5O4S. The van der Waals surface area contributed by atoms with Crippen molar-refractivity contribution in [1.82, 2.24) is 18.8 Å². The summed E-state index contributed by atoms with van der Waals surface area (Å²) in [6, 6.07) is 9.28. The Morgan fingerprint density at radius 1 is 1.18 bits per heavy atom. The number of imidazole rings is 1. The minimum Gasteiger partial charge on any atom is -0.494 e. The van der Waals surface area contributed by atoms with Gasteiger partial charge in [-0.2, -0.15) is 5.26 Å². The van der Waals surface area contributed by atoms with Crippen molar-refractivity contribution in [2.24, 2.45) is 5.41 Å². The smallest absolute Gasteiger partial charge is 0.176 e. The number of nitriles is 1. The van der Waals surface area contributed by atoms with E-state index in [0.717, 1.165) is 39.0 Å². The first-order chi connectivity index (χ1) is 19.3. The van der Waals surface area contributed by atoms with Crippen molar-refractivity contribution in [3.8, 4) is 6.07 Å². The lowest BCUT2D eigenvalue weighted by molar-refractivity contribution is -0.0772. The number of benzene rings is 1. The molecule has 2 fully saturated rings. The summed E-state index contributed by atoms with van der Waals surface area (Å²) in [6.45, 7) is 9.92. The zero-order chi connectivity index (χ0) is 29.0. The minimum absolute atomic E-state index is 0.0695. The van der Waals surface area contributed by atoms with Crippen molar-refractivity contribution in [2.75, 3.05) is 52.3 Å². The van der Waals surface area contributed by atoms with Gasteiger partial charge in [-0.05, 0) is 44.2 Å². The molecule has 2 unspecified atom stereocenters. The molecule has 218 valence electrons. The van der Waals surface area contributed by atoms with Crippen LogP contribution in [0.3, 0.4) is 0 Å². The molecule has 0 amide bonds. The minimum atomic E-state index is -0.262. The van der Waals surface area contributed by atoms with Crippen LogP contribution < -0.4 is 0 Å². The normalized spacial score (nSPS) is 21.8. The fraction of sp³-hybridized carbons (Fsp3) is 0.500. The number of allylic oxidation sites excluding steroid dienone is 2. The van der Waals surface area contributed by atoms with Gasteiger partial charge in [0.15, 0.2) is 6.29 Å². The Labute approximate surface area is 251 Å². The SMILES string of the molecule is CC1(C)C(OCC2COC(Cn3ccnc3)O2)=CC=C1N1CCN(SCC#N)CC1.CO.Clc1cccc(Cl)c1. The first-order valence-electron chi connectivity index (χ1n) is 13.0. The van der Waals surface area contributed by atoms with E-state index in [-0.39, 0.29) is 17.8 Å². The number of hydrogen-bond donors (Lipinski definition) is 1. The second-order valence-corrected chi connectivity index (χ2v) is 11.5. The number of piperazine rings is 1. The van der Waals surface area contributed by atoms with Gasteiger partial charge in [0, 0.05) is 61.4 Å². The van der Waals surface area contributed by atoms with Crippen LogP contribution in [0.2, 0.25) is 10.0 Å². The van der Waals surface area contributed by atoms with Crippen molar-refractivity contribution < 1.29 is 19.3 Å². The predicted octanol–water partition coefficient (Wildman–Crippen LogP) is 4.84. The number of aromatic nitrogens is 2. The highest BCUT2D eigenvalue weighted by atomic mass is 35.5. The summed E-state index contributed by atoms with van der Waals surface area (Å²) in [5.74, 6) is 1.49. The topological polar surface area (TPSA) is 96.0 Å². The second kappa shape index (κ2) is 16.3. The van der Waals surface area contributed by atoms with Gasteiger partial charge < -0.3 is 28.8 Å². The standard InChI is InChI=1S/C21H29N5O3S.C6H4Cl2.CH4O/c1-21(2)18(25-8-10-26(11-9-25)30-12-5-22)3-4-19(21)27-14-17-15-28-20(29-17)13-24-7-6-23-16-24;7-5-2-1-3-6(8)4-5;1-2/h3-4,6-7,16-17,20H,8-15H2,1-2H3;1-4H;2H,1H3. The molecule has 2 aromatic rings. The van der Waals surface area contributed by atoms with E-state index in [1.165, 1.54) is 5.70 Å². The van der Waals surface area contributed by atoms with E-state index in [9.17, 15) is 0 Å². The number of aliphatic hydroxyl groups excluding tert-OH is 1. The molecule has 2 saturated heterocycles. The van der Waals surface area contributed by atoms with E-state index in [1.807, 2.05) is 16.8 Å². The Kier molecular flexibility index (Phi) is 13.1. The molecule has 3 heterocycles. The van der Waals surface area contributed by atoms with Crippen LogP contribution in [0.4, 0.5) is 0 Å². The molecule has 12 heteroatoms. The lowest BCUT2D eigenvalue weighted by Gasteiger charge is -2.40. The first kappa shape index (κ1) is 32.3. The molecule has 1 aromatic heterocycles. The molecule has 1 aromatic carbocycles. The maximum atomic E-state index is 8.76. The third kappa shape index (κ3) is 9.42. The summed E-state index contributed by atoms with van der Waals surface area (Å²) in [7, 11) is 1.00. The van der Waals surface area contributed by atoms with Crippen LogP contribution in [0, 0.1) is 16.7 Å². The number of ether oxygens (including phenoxy) is 3. The highest BCUT2D eigenvalue weighted by molar-refractivity contribution is 7.97. The first-order valence-corrected chi connectivity index (χ1v) is 14.7. The second-order valence-electron chi connectivity index (χ2n) is 9.59. The Hall–Kier alpha value is -2.23. The third-order valence-electron chi connectivity index (χ3n) is 6.48. The van der Waals surface area contributed by atoms with E-state index in [1.54, 1.807) is 42.7 Å². The molecule has 0 bridgehead atoms. The summed E-state index contributed by atoms with van der Waals surface area (Å²) in [5, 5.41) is 17.1. The van der Waals surface area contributed by atoms with Crippen molar-refractivity contribution in [1.29, 1.82) is 5.26 Å². The Morgan fingerprint density at radius 2 is 1.90 bits per heavy atom. The maximum Gasteiger partial charge on any atom is 0.176 e. The molecule has 1 N–H and O–H groups in total. The maximum absolute atomic E-state index is 8.76. The van der Waals surface area contributed by atoms with Crippen LogP contribution >= 0.6 is 35.1 Å². The van der Waals surface area contributed by atoms with E-state index in [2.05, 4.69) is 46.3 Å². The largest absolute Gasteiger partial charge is 0.494 e. The predicted molar refractivity (Wildman–Crippen MR) is 159 cm³/mol. The molecule has 9 nitrogen and oxygen atoms in total. The number of hydrogen-bond acceptors (Lipinski definition) is 9. The van der Waals surface area contributed by atoms with Gasteiger partial charge in [-0.1, -0.05) is 41.2 Å². The molecule has 0 saturated carbocycles. The number of aliphatic hydroxyl groups is 1. The lowest BCUT2D eigenvalue weighted by atomic mass is 9.89. The van der Waals surface area contributed by atoms with Crippen molar-refractivity contribution in [3.63, 3.8) is 0 Å². The summed E-state index contributed by atoms with van der Waals surface area (Å²) < 4.78 is 22.1. The molecular weight excluding hydrogens is 573 g/mol. The van der Waals surface area contributed by atoms with Crippen LogP contribution in [-0.4, -0.2) is 88.5 Å². The van der Waals surface area contributed by atoms with Gasteiger partial charge in [-0.25, -0.2) is 9.29 Å². The van der Waals surface area contributed by atoms with E-state index < -0.39 is 0 Å². The molecule has 40 heavy (non-hydrogen) atoms. The highest BCUT2D eigenvalue weighted by Crippen LogP contribution is 2.42. The number of halogens is 2. The Bertz CT molecular complexity index is 1130. The summed E-state index contributed by atoms with van der Waals surface area (Å²) >= 11 is 12.7. The molecule has 2 atom stereocenters. The molecule has 1 aliphatic carbocycles. The fourth-order valence-corrected chi connectivity index (χ4v) is 5.60. The highest BCUT2D eigenvalue weighted by Gasteiger charge is 2.38. The van der Waals surface area contributed by atoms with Gasteiger partial charge in [-0.15, -0.1) is 0 Å². The third-order valence-corrected chi connectivity index (χ3v) is 7.94. The average molecular weight is 611 g/mol. The summed E-state index contributed by atoms with van der Waals surface area (Å²) in [6.07, 6.45) is 9.35. The van der Waals surface area contributed by atoms with Crippen LogP contribution in [0.1, 0.15) is 13.8 Å². The van der Waals surface area contributed by atoms with E-state index in [4.69, 9.17) is 47.8 Å². The average Bonchev–Trinajstić information content (AvgIpc) is 3.69. The molecule has 5 rings (SSSR count). The van der Waals surface area contributed by atoms with Gasteiger partial charge >= 0.3 is 0 Å². The number of nitrogens with zero attached hydrogens (tertiary/aromatic N) is 5. The van der Waals surface area contributed by atoms with Crippen LogP contribution in [0.25, 0.3) is 0 Å². The van der Waals surface area contributed by atoms with Crippen molar-refractivity contribution >= 4 is 35.1 Å². The summed E-state index contributed by atoms with van der Waals surface area (Å²) in [5.41, 5.74) is 1.13. The molecule has 3 aliphatic rings. The zero-order valence-corrected chi connectivity index (χ0v) is 25.4. The fourth-order valence-electron chi connectivity index (χ4n) is 4.51. The quantitative estimate of drug-likeness (QED) is 0.422. The van der Waals surface area contributed by atoms with Gasteiger partial charge in [-0.3, -0.25) is 0 Å². The Balaban J connectivity index is 0.000000376. The van der Waals surface area contributed by atoms with E-state index in [0.29, 0.717) is 35.6 Å². The van der Waals surface area contributed by atoms with Crippen molar-refractivity contribution in [3.05, 3.63) is 76.6 Å². The van der Waals surface area contributed by atoms with Gasteiger partial charge in [0.25, 0.3) is 0 Å². The monoisotopic (exact) mass is 609 g/mol. The van der Waals surface area contributed by atoms with Crippen LogP contribution in [0.5, 0.6) is 0 Å². The zero-order valence-electron chi connectivity index (χ0n) is 23.1. The summed E-state index contributed by atoms with van der Waals surface area (Å²) in [4.78, 5) is 6.48. The van der Waals surface area contributed by atoms with Gasteiger partial charge in [0.05, 0.1) is 36.7 Å². The molecule has 0 spiro atoms. The van der Waals surface area contributed by atoms with E-state index >= 15 is 0 Å². The number of rotatable bonds is 8. The van der Waals surface area contributed by atoms with Gasteiger partial charge in [0.2, 0.25) is 0 Å². The van der Waals surface area contributed by atoms with Crippen LogP contribution in [-0.2, 0) is 20.8 Å².